The van der Waals surface area contributed by atoms with Crippen molar-refractivity contribution in [2.75, 3.05) is 4.90 Å². The predicted octanol–water partition coefficient (Wildman–Crippen LogP) is 4.80. The van der Waals surface area contributed by atoms with Crippen molar-refractivity contribution in [3.63, 3.8) is 0 Å². The summed E-state index contributed by atoms with van der Waals surface area (Å²) in [6, 6.07) is 9.45. The molecule has 0 saturated carbocycles. The fourth-order valence-corrected chi connectivity index (χ4v) is 3.51. The molecule has 5 nitrogen and oxygen atoms in total. The SMILES string of the molecule is Cc1ccc(/C(O)=C2/C(=O)C(=O)N(c3cc(F)ccc3F)C2c2ccco2)cc1C. The minimum Gasteiger partial charge on any atom is -0.507 e. The molecule has 1 saturated heterocycles. The van der Waals surface area contributed by atoms with Crippen LogP contribution in [0.25, 0.3) is 5.76 Å². The van der Waals surface area contributed by atoms with Crippen LogP contribution in [-0.4, -0.2) is 16.8 Å². The van der Waals surface area contributed by atoms with Gasteiger partial charge < -0.3 is 9.52 Å². The van der Waals surface area contributed by atoms with Gasteiger partial charge >= 0.3 is 0 Å². The molecule has 30 heavy (non-hydrogen) atoms. The van der Waals surface area contributed by atoms with Crippen molar-refractivity contribution >= 4 is 23.1 Å². The second-order valence-corrected chi connectivity index (χ2v) is 7.08. The zero-order chi connectivity index (χ0) is 21.6. The second kappa shape index (κ2) is 7.26. The minimum absolute atomic E-state index is 0.128. The molecule has 1 fully saturated rings. The van der Waals surface area contributed by atoms with Gasteiger partial charge in [0.05, 0.1) is 17.5 Å². The first-order chi connectivity index (χ1) is 14.3. The molecule has 152 valence electrons. The quantitative estimate of drug-likeness (QED) is 0.383. The summed E-state index contributed by atoms with van der Waals surface area (Å²) in [6.07, 6.45) is 1.33. The van der Waals surface area contributed by atoms with Crippen molar-refractivity contribution in [3.05, 3.63) is 94.5 Å². The molecule has 2 aromatic carbocycles. The summed E-state index contributed by atoms with van der Waals surface area (Å²) in [5.41, 5.74) is 1.50. The Labute approximate surface area is 170 Å². The van der Waals surface area contributed by atoms with Crippen molar-refractivity contribution in [1.29, 1.82) is 0 Å². The van der Waals surface area contributed by atoms with E-state index in [9.17, 15) is 23.5 Å². The Hall–Kier alpha value is -3.74. The summed E-state index contributed by atoms with van der Waals surface area (Å²) < 4.78 is 33.7. The molecule has 0 aliphatic carbocycles. The van der Waals surface area contributed by atoms with Crippen molar-refractivity contribution < 1.29 is 27.9 Å². The monoisotopic (exact) mass is 409 g/mol. The summed E-state index contributed by atoms with van der Waals surface area (Å²) in [7, 11) is 0. The van der Waals surface area contributed by atoms with Crippen LogP contribution in [0.1, 0.15) is 28.5 Å². The van der Waals surface area contributed by atoms with Gasteiger partial charge in [-0.05, 0) is 55.3 Å². The smallest absolute Gasteiger partial charge is 0.300 e. The molecular weight excluding hydrogens is 392 g/mol. The molecule has 0 radical (unpaired) electrons. The highest BCUT2D eigenvalue weighted by Gasteiger charge is 2.49. The largest absolute Gasteiger partial charge is 0.507 e. The molecule has 1 N–H and O–H groups in total. The molecule has 7 heteroatoms. The van der Waals surface area contributed by atoms with E-state index in [0.717, 1.165) is 34.2 Å². The maximum absolute atomic E-state index is 14.5. The van der Waals surface area contributed by atoms with Crippen LogP contribution in [0.4, 0.5) is 14.5 Å². The molecule has 1 aliphatic rings. The fourth-order valence-electron chi connectivity index (χ4n) is 3.51. The number of carbonyl (C=O) groups excluding carboxylic acids is 2. The minimum atomic E-state index is -1.25. The van der Waals surface area contributed by atoms with Crippen LogP contribution >= 0.6 is 0 Å². The number of furan rings is 1. The van der Waals surface area contributed by atoms with E-state index < -0.39 is 40.8 Å². The highest BCUT2D eigenvalue weighted by Crippen LogP contribution is 2.43. The first kappa shape index (κ1) is 19.6. The van der Waals surface area contributed by atoms with E-state index in [1.54, 1.807) is 18.2 Å². The van der Waals surface area contributed by atoms with Crippen LogP contribution < -0.4 is 4.90 Å². The molecule has 3 aromatic rings. The highest BCUT2D eigenvalue weighted by atomic mass is 19.1. The lowest BCUT2D eigenvalue weighted by atomic mass is 9.97. The summed E-state index contributed by atoms with van der Waals surface area (Å²) in [4.78, 5) is 26.5. The molecule has 2 heterocycles. The zero-order valence-corrected chi connectivity index (χ0v) is 16.1. The Balaban J connectivity index is 1.96. The van der Waals surface area contributed by atoms with Crippen LogP contribution in [0.2, 0.25) is 0 Å². The predicted molar refractivity (Wildman–Crippen MR) is 106 cm³/mol. The van der Waals surface area contributed by atoms with Crippen LogP contribution in [0.5, 0.6) is 0 Å². The molecule has 0 bridgehead atoms. The van der Waals surface area contributed by atoms with Gasteiger partial charge in [-0.1, -0.05) is 12.1 Å². The van der Waals surface area contributed by atoms with Crippen molar-refractivity contribution in [1.82, 2.24) is 0 Å². The molecular formula is C23H17F2NO4. The number of halogens is 2. The Morgan fingerprint density at radius 2 is 1.80 bits per heavy atom. The maximum atomic E-state index is 14.5. The summed E-state index contributed by atoms with van der Waals surface area (Å²) >= 11 is 0. The second-order valence-electron chi connectivity index (χ2n) is 7.08. The number of hydrogen-bond acceptors (Lipinski definition) is 4. The number of carbonyl (C=O) groups is 2. The van der Waals surface area contributed by atoms with Crippen molar-refractivity contribution in [3.8, 4) is 0 Å². The van der Waals surface area contributed by atoms with E-state index in [1.165, 1.54) is 18.4 Å². The Bertz CT molecular complexity index is 1200. The highest BCUT2D eigenvalue weighted by molar-refractivity contribution is 6.51. The van der Waals surface area contributed by atoms with Gasteiger partial charge in [-0.25, -0.2) is 8.78 Å². The van der Waals surface area contributed by atoms with Gasteiger partial charge in [0.25, 0.3) is 11.7 Å². The van der Waals surface area contributed by atoms with Gasteiger partial charge in [0, 0.05) is 11.6 Å². The molecule has 1 amide bonds. The Morgan fingerprint density at radius 3 is 2.47 bits per heavy atom. The number of hydrogen-bond donors (Lipinski definition) is 1. The molecule has 1 aromatic heterocycles. The number of aryl methyl sites for hydroxylation is 2. The van der Waals surface area contributed by atoms with Gasteiger partial charge in [0.15, 0.2) is 0 Å². The third-order valence-corrected chi connectivity index (χ3v) is 5.21. The van der Waals surface area contributed by atoms with E-state index in [2.05, 4.69) is 0 Å². The Kier molecular flexibility index (Phi) is 4.73. The number of nitrogens with zero attached hydrogens (tertiary/aromatic N) is 1. The normalized spacial score (nSPS) is 18.3. The number of anilines is 1. The lowest BCUT2D eigenvalue weighted by Crippen LogP contribution is -2.30. The summed E-state index contributed by atoms with van der Waals surface area (Å²) in [5, 5.41) is 11.0. The molecule has 1 unspecified atom stereocenters. The van der Waals surface area contributed by atoms with Crippen molar-refractivity contribution in [2.45, 2.75) is 19.9 Å². The lowest BCUT2D eigenvalue weighted by Gasteiger charge is -2.23. The average molecular weight is 409 g/mol. The third-order valence-electron chi connectivity index (χ3n) is 5.21. The number of ketones is 1. The van der Waals surface area contributed by atoms with Gasteiger partial charge in [0.2, 0.25) is 0 Å². The summed E-state index contributed by atoms with van der Waals surface area (Å²) in [5.74, 6) is -4.07. The zero-order valence-electron chi connectivity index (χ0n) is 16.1. The molecule has 1 atom stereocenters. The van der Waals surface area contributed by atoms with E-state index in [1.807, 2.05) is 13.8 Å². The number of Topliss-reactive ketones (excluding diaryl/α,β-unsaturated/α-hetero) is 1. The Morgan fingerprint density at radius 1 is 1.03 bits per heavy atom. The first-order valence-corrected chi connectivity index (χ1v) is 9.16. The van der Waals surface area contributed by atoms with Crippen LogP contribution in [0.3, 0.4) is 0 Å². The standard InChI is InChI=1S/C23H17F2NO4/c1-12-5-6-14(10-13(12)2)21(27)19-20(18-4-3-9-30-18)26(23(29)22(19)28)17-11-15(24)7-8-16(17)25/h3-11,20,27H,1-2H3/b21-19-. The third kappa shape index (κ3) is 3.08. The summed E-state index contributed by atoms with van der Waals surface area (Å²) in [6.45, 7) is 3.74. The number of aliphatic hydroxyl groups is 1. The fraction of sp³-hybridized carbons (Fsp3) is 0.130. The van der Waals surface area contributed by atoms with E-state index in [4.69, 9.17) is 4.42 Å². The topological polar surface area (TPSA) is 70.8 Å². The number of benzene rings is 2. The van der Waals surface area contributed by atoms with Crippen LogP contribution in [-0.2, 0) is 9.59 Å². The molecule has 4 rings (SSSR count). The lowest BCUT2D eigenvalue weighted by molar-refractivity contribution is -0.132. The average Bonchev–Trinajstić information content (AvgIpc) is 3.33. The van der Waals surface area contributed by atoms with Crippen LogP contribution in [0.15, 0.2) is 64.8 Å². The van der Waals surface area contributed by atoms with Gasteiger partial charge in [-0.2, -0.15) is 0 Å². The maximum Gasteiger partial charge on any atom is 0.300 e. The van der Waals surface area contributed by atoms with Gasteiger partial charge in [0.1, 0.15) is 29.2 Å². The molecule has 0 spiro atoms. The van der Waals surface area contributed by atoms with E-state index in [-0.39, 0.29) is 11.3 Å². The number of aliphatic hydroxyl groups excluding tert-OH is 1. The van der Waals surface area contributed by atoms with E-state index >= 15 is 0 Å². The van der Waals surface area contributed by atoms with E-state index in [0.29, 0.717) is 5.56 Å². The number of amides is 1. The number of rotatable bonds is 3. The van der Waals surface area contributed by atoms with Crippen molar-refractivity contribution in [2.24, 2.45) is 0 Å². The molecule has 1 aliphatic heterocycles. The first-order valence-electron chi connectivity index (χ1n) is 9.16. The van der Waals surface area contributed by atoms with Gasteiger partial charge in [-0.3, -0.25) is 14.5 Å². The van der Waals surface area contributed by atoms with Gasteiger partial charge in [-0.15, -0.1) is 0 Å². The van der Waals surface area contributed by atoms with Crippen LogP contribution in [0, 0.1) is 25.5 Å².